The number of rotatable bonds is 8. The van der Waals surface area contributed by atoms with E-state index in [4.69, 9.17) is 0 Å². The molecular formula is C23H36F3N3O4. The number of piperidine rings is 1. The normalized spacial score (nSPS) is 25.7. The number of hydrogen-bond acceptors (Lipinski definition) is 6. The zero-order valence-electron chi connectivity index (χ0n) is 19.7. The number of amides is 2. The van der Waals surface area contributed by atoms with E-state index in [2.05, 4.69) is 11.1 Å². The quantitative estimate of drug-likeness (QED) is 0.430. The van der Waals surface area contributed by atoms with Crippen LogP contribution in [0.5, 0.6) is 5.75 Å². The topological polar surface area (TPSA) is 116 Å². The molecule has 2 rings (SSSR count). The van der Waals surface area contributed by atoms with Gasteiger partial charge in [-0.05, 0) is 63.5 Å². The Morgan fingerprint density at radius 3 is 2.55 bits per heavy atom. The molecular weight excluding hydrogens is 439 g/mol. The van der Waals surface area contributed by atoms with Crippen molar-refractivity contribution in [2.75, 3.05) is 20.1 Å². The first kappa shape index (κ1) is 28.9. The SMILES string of the molecule is CCCC1(O)C(C)N(CCC(F)(F)F)CCC1(CC(=O)NC=O)c1cc(O)ccc1C.CN. The minimum atomic E-state index is -4.32. The number of halogens is 3. The number of nitrogens with one attached hydrogen (secondary N) is 1. The highest BCUT2D eigenvalue weighted by Gasteiger charge is 2.59. The summed E-state index contributed by atoms with van der Waals surface area (Å²) in [6.45, 7) is 5.29. The Labute approximate surface area is 193 Å². The van der Waals surface area contributed by atoms with Crippen molar-refractivity contribution in [1.82, 2.24) is 10.2 Å². The van der Waals surface area contributed by atoms with Gasteiger partial charge in [-0.3, -0.25) is 19.8 Å². The number of carbonyl (C=O) groups is 2. The highest BCUT2D eigenvalue weighted by molar-refractivity contribution is 5.87. The molecule has 0 aliphatic carbocycles. The third kappa shape index (κ3) is 6.45. The molecule has 1 aromatic rings. The molecule has 1 saturated heterocycles. The standard InChI is InChI=1S/C22H31F3N2O4.CH5N/c1-4-7-21(31)16(3)27(11-9-22(23,24)25)10-8-20(21,13-19(30)26-14-28)18-12-17(29)6-5-15(18)2;1-2/h5-6,12,14,16,29,31H,4,7-11,13H2,1-3H3,(H,26,28,30);2H2,1H3. The number of nitrogens with two attached hydrogens (primary N) is 1. The second-order valence-electron chi connectivity index (χ2n) is 8.44. The van der Waals surface area contributed by atoms with E-state index in [0.717, 1.165) is 5.56 Å². The summed E-state index contributed by atoms with van der Waals surface area (Å²) in [6.07, 6.45) is -4.31. The molecule has 188 valence electrons. The Morgan fingerprint density at radius 1 is 1.36 bits per heavy atom. The second kappa shape index (κ2) is 11.8. The average molecular weight is 476 g/mol. The number of aryl methyl sites for hydroxylation is 1. The molecule has 0 spiro atoms. The van der Waals surface area contributed by atoms with Gasteiger partial charge in [0.2, 0.25) is 12.3 Å². The van der Waals surface area contributed by atoms with Gasteiger partial charge in [0.15, 0.2) is 0 Å². The number of aliphatic hydroxyl groups is 1. The Morgan fingerprint density at radius 2 is 2.00 bits per heavy atom. The summed E-state index contributed by atoms with van der Waals surface area (Å²) >= 11 is 0. The fraction of sp³-hybridized carbons (Fsp3) is 0.652. The molecule has 10 heteroatoms. The van der Waals surface area contributed by atoms with Crippen molar-refractivity contribution in [3.8, 4) is 5.75 Å². The molecule has 2 amide bonds. The molecule has 7 nitrogen and oxygen atoms in total. The Hall–Kier alpha value is -2.17. The van der Waals surface area contributed by atoms with Crippen molar-refractivity contribution in [2.24, 2.45) is 5.73 Å². The summed E-state index contributed by atoms with van der Waals surface area (Å²) in [5.41, 5.74) is 3.05. The van der Waals surface area contributed by atoms with Gasteiger partial charge in [-0.2, -0.15) is 13.2 Å². The Bertz CT molecular complexity index is 806. The van der Waals surface area contributed by atoms with Gasteiger partial charge < -0.3 is 15.9 Å². The number of hydrogen-bond donors (Lipinski definition) is 4. The number of nitrogens with zero attached hydrogens (tertiary/aromatic N) is 1. The van der Waals surface area contributed by atoms with E-state index in [1.807, 2.05) is 6.92 Å². The number of phenolic OH excluding ortho intramolecular Hbond substituents is 1. The van der Waals surface area contributed by atoms with Gasteiger partial charge in [0.1, 0.15) is 5.75 Å². The van der Waals surface area contributed by atoms with E-state index >= 15 is 0 Å². The van der Waals surface area contributed by atoms with Crippen molar-refractivity contribution >= 4 is 12.3 Å². The van der Waals surface area contributed by atoms with E-state index in [1.165, 1.54) is 19.2 Å². The largest absolute Gasteiger partial charge is 0.508 e. The first-order chi connectivity index (χ1) is 15.4. The van der Waals surface area contributed by atoms with Crippen LogP contribution in [0, 0.1) is 6.92 Å². The molecule has 1 aliphatic rings. The molecule has 0 bridgehead atoms. The number of imide groups is 1. The number of likely N-dealkylation sites (tertiary alicyclic amines) is 1. The van der Waals surface area contributed by atoms with E-state index in [9.17, 15) is 33.0 Å². The molecule has 1 heterocycles. The fourth-order valence-corrected chi connectivity index (χ4v) is 5.07. The first-order valence-electron chi connectivity index (χ1n) is 11.0. The molecule has 0 radical (unpaired) electrons. The molecule has 3 atom stereocenters. The van der Waals surface area contributed by atoms with Gasteiger partial charge in [-0.1, -0.05) is 19.4 Å². The summed E-state index contributed by atoms with van der Waals surface area (Å²) in [5, 5.41) is 24.3. The van der Waals surface area contributed by atoms with Crippen LogP contribution < -0.4 is 11.1 Å². The van der Waals surface area contributed by atoms with Crippen LogP contribution in [0.4, 0.5) is 13.2 Å². The number of phenols is 1. The summed E-state index contributed by atoms with van der Waals surface area (Å²) in [7, 11) is 1.50. The lowest BCUT2D eigenvalue weighted by atomic mass is 9.56. The molecule has 1 aliphatic heterocycles. The molecule has 1 aromatic carbocycles. The lowest BCUT2D eigenvalue weighted by Crippen LogP contribution is -2.68. The van der Waals surface area contributed by atoms with Crippen LogP contribution in [-0.4, -0.2) is 65.4 Å². The summed E-state index contributed by atoms with van der Waals surface area (Å²) in [6, 6.07) is 3.99. The van der Waals surface area contributed by atoms with Gasteiger partial charge in [0.25, 0.3) is 0 Å². The van der Waals surface area contributed by atoms with E-state index < -0.39 is 35.6 Å². The van der Waals surface area contributed by atoms with Gasteiger partial charge in [-0.15, -0.1) is 0 Å². The summed E-state index contributed by atoms with van der Waals surface area (Å²) < 4.78 is 38.5. The van der Waals surface area contributed by atoms with E-state index in [-0.39, 0.29) is 44.5 Å². The third-order valence-electron chi connectivity index (χ3n) is 6.63. The van der Waals surface area contributed by atoms with Crippen LogP contribution in [0.25, 0.3) is 0 Å². The smallest absolute Gasteiger partial charge is 0.390 e. The van der Waals surface area contributed by atoms with Crippen LogP contribution in [0.15, 0.2) is 18.2 Å². The van der Waals surface area contributed by atoms with Gasteiger partial charge in [0, 0.05) is 24.4 Å². The zero-order chi connectivity index (χ0) is 25.4. The van der Waals surface area contributed by atoms with Crippen LogP contribution >= 0.6 is 0 Å². The Kier molecular flexibility index (Phi) is 10.3. The maximum absolute atomic E-state index is 12.8. The lowest BCUT2D eigenvalue weighted by Gasteiger charge is -2.58. The fourth-order valence-electron chi connectivity index (χ4n) is 5.07. The number of benzene rings is 1. The predicted molar refractivity (Wildman–Crippen MR) is 120 cm³/mol. The minimum absolute atomic E-state index is 0.0400. The summed E-state index contributed by atoms with van der Waals surface area (Å²) in [4.78, 5) is 25.0. The predicted octanol–water partition coefficient (Wildman–Crippen LogP) is 2.75. The molecule has 1 fully saturated rings. The number of carbonyl (C=O) groups excluding carboxylic acids is 2. The molecule has 33 heavy (non-hydrogen) atoms. The third-order valence-corrected chi connectivity index (χ3v) is 6.63. The van der Waals surface area contributed by atoms with E-state index in [1.54, 1.807) is 24.8 Å². The van der Waals surface area contributed by atoms with Crippen molar-refractivity contribution in [2.45, 2.75) is 76.1 Å². The van der Waals surface area contributed by atoms with Crippen LogP contribution in [0.2, 0.25) is 0 Å². The average Bonchev–Trinajstić information content (AvgIpc) is 2.74. The van der Waals surface area contributed by atoms with Crippen molar-refractivity contribution in [1.29, 1.82) is 0 Å². The molecule has 0 aromatic heterocycles. The number of aromatic hydroxyl groups is 1. The van der Waals surface area contributed by atoms with Gasteiger partial charge >= 0.3 is 6.18 Å². The van der Waals surface area contributed by atoms with Crippen molar-refractivity contribution < 1.29 is 33.0 Å². The maximum atomic E-state index is 12.8. The first-order valence-corrected chi connectivity index (χ1v) is 11.0. The Balaban J connectivity index is 0.00000265. The van der Waals surface area contributed by atoms with Crippen molar-refractivity contribution in [3.05, 3.63) is 29.3 Å². The highest BCUT2D eigenvalue weighted by Crippen LogP contribution is 2.52. The second-order valence-corrected chi connectivity index (χ2v) is 8.44. The van der Waals surface area contributed by atoms with E-state index in [0.29, 0.717) is 12.0 Å². The minimum Gasteiger partial charge on any atom is -0.508 e. The van der Waals surface area contributed by atoms with Gasteiger partial charge in [-0.25, -0.2) is 0 Å². The van der Waals surface area contributed by atoms with Crippen LogP contribution in [0.1, 0.15) is 57.1 Å². The van der Waals surface area contributed by atoms with Gasteiger partial charge in [0.05, 0.1) is 12.0 Å². The van der Waals surface area contributed by atoms with Crippen molar-refractivity contribution in [3.63, 3.8) is 0 Å². The molecule has 0 saturated carbocycles. The monoisotopic (exact) mass is 475 g/mol. The lowest BCUT2D eigenvalue weighted by molar-refractivity contribution is -0.166. The molecule has 5 N–H and O–H groups in total. The maximum Gasteiger partial charge on any atom is 0.390 e. The number of alkyl halides is 3. The summed E-state index contributed by atoms with van der Waals surface area (Å²) in [5.74, 6) is -0.634. The zero-order valence-corrected chi connectivity index (χ0v) is 19.7. The highest BCUT2D eigenvalue weighted by atomic mass is 19.4. The molecule has 3 unspecified atom stereocenters. The van der Waals surface area contributed by atoms with Crippen LogP contribution in [-0.2, 0) is 15.0 Å². The van der Waals surface area contributed by atoms with Crippen LogP contribution in [0.3, 0.4) is 0 Å².